The minimum atomic E-state index is -1.26. The third-order valence-corrected chi connectivity index (χ3v) is 3.20. The molecule has 2 unspecified atom stereocenters. The highest BCUT2D eigenvalue weighted by Crippen LogP contribution is 2.17. The van der Waals surface area contributed by atoms with Gasteiger partial charge in [-0.15, -0.1) is 0 Å². The Balaban J connectivity index is 1.79. The molecule has 0 aliphatic rings. The highest BCUT2D eigenvalue weighted by atomic mass is 19.1. The molecule has 1 heterocycles. The standard InChI is InChI=1S/C15H18F2N4O2/c1-10(8-21-5-4-18-9-21)20-15(23)19-7-14(22)12-3-2-11(16)6-13(12)17/h2-6,9-10,14,22H,7-8H2,1H3,(H2,19,20,23). The molecular formula is C15H18F2N4O2. The molecule has 2 amide bonds. The van der Waals surface area contributed by atoms with Crippen molar-refractivity contribution in [3.8, 4) is 0 Å². The Labute approximate surface area is 132 Å². The van der Waals surface area contributed by atoms with Gasteiger partial charge in [0.25, 0.3) is 0 Å². The summed E-state index contributed by atoms with van der Waals surface area (Å²) >= 11 is 0. The molecule has 2 rings (SSSR count). The summed E-state index contributed by atoms with van der Waals surface area (Å²) in [5, 5.41) is 15.0. The molecule has 8 heteroatoms. The number of amides is 2. The SMILES string of the molecule is CC(Cn1ccnc1)NC(=O)NCC(O)c1ccc(F)cc1F. The van der Waals surface area contributed by atoms with Gasteiger partial charge in [-0.05, 0) is 13.0 Å². The highest BCUT2D eigenvalue weighted by Gasteiger charge is 2.15. The minimum Gasteiger partial charge on any atom is -0.386 e. The Bertz CT molecular complexity index is 649. The van der Waals surface area contributed by atoms with E-state index < -0.39 is 23.8 Å². The minimum absolute atomic E-state index is 0.0711. The smallest absolute Gasteiger partial charge is 0.315 e. The summed E-state index contributed by atoms with van der Waals surface area (Å²) in [6, 6.07) is 2.24. The number of nitrogens with zero attached hydrogens (tertiary/aromatic N) is 2. The molecule has 0 aliphatic heterocycles. The lowest BCUT2D eigenvalue weighted by molar-refractivity contribution is 0.168. The largest absolute Gasteiger partial charge is 0.386 e. The van der Waals surface area contributed by atoms with Gasteiger partial charge in [0.2, 0.25) is 0 Å². The first-order chi connectivity index (χ1) is 11.0. The van der Waals surface area contributed by atoms with Crippen LogP contribution in [0.15, 0.2) is 36.9 Å². The fourth-order valence-corrected chi connectivity index (χ4v) is 2.10. The van der Waals surface area contributed by atoms with Crippen LogP contribution in [-0.4, -0.2) is 33.3 Å². The maximum Gasteiger partial charge on any atom is 0.315 e. The lowest BCUT2D eigenvalue weighted by Gasteiger charge is -2.17. The second-order valence-corrected chi connectivity index (χ2v) is 5.20. The van der Waals surface area contributed by atoms with E-state index in [0.717, 1.165) is 12.1 Å². The second kappa shape index (κ2) is 7.68. The molecule has 1 aromatic heterocycles. The Morgan fingerprint density at radius 3 is 2.87 bits per heavy atom. The van der Waals surface area contributed by atoms with Gasteiger partial charge in [0, 0.05) is 43.2 Å². The number of rotatable bonds is 6. The Kier molecular flexibility index (Phi) is 5.64. The van der Waals surface area contributed by atoms with Crippen LogP contribution < -0.4 is 10.6 Å². The number of carbonyl (C=O) groups is 1. The van der Waals surface area contributed by atoms with Crippen LogP contribution in [0.2, 0.25) is 0 Å². The first-order valence-corrected chi connectivity index (χ1v) is 7.09. The summed E-state index contributed by atoms with van der Waals surface area (Å²) in [7, 11) is 0. The number of benzene rings is 1. The summed E-state index contributed by atoms with van der Waals surface area (Å²) in [6.07, 6.45) is 3.79. The molecule has 2 aromatic rings. The van der Waals surface area contributed by atoms with Crippen LogP contribution in [0.1, 0.15) is 18.6 Å². The molecule has 2 atom stereocenters. The molecule has 6 nitrogen and oxygen atoms in total. The normalized spacial score (nSPS) is 13.4. The molecule has 0 spiro atoms. The van der Waals surface area contributed by atoms with E-state index in [1.807, 2.05) is 11.5 Å². The average Bonchev–Trinajstić information content (AvgIpc) is 2.97. The van der Waals surface area contributed by atoms with E-state index in [4.69, 9.17) is 0 Å². The number of aliphatic hydroxyl groups excluding tert-OH is 1. The van der Waals surface area contributed by atoms with Gasteiger partial charge >= 0.3 is 6.03 Å². The molecular weight excluding hydrogens is 306 g/mol. The quantitative estimate of drug-likeness (QED) is 0.755. The zero-order valence-electron chi connectivity index (χ0n) is 12.5. The van der Waals surface area contributed by atoms with E-state index in [1.54, 1.807) is 18.7 Å². The van der Waals surface area contributed by atoms with E-state index in [-0.39, 0.29) is 18.2 Å². The molecule has 0 fully saturated rings. The van der Waals surface area contributed by atoms with Crippen LogP contribution in [0.4, 0.5) is 13.6 Å². The first-order valence-electron chi connectivity index (χ1n) is 7.09. The molecule has 23 heavy (non-hydrogen) atoms. The molecule has 0 bridgehead atoms. The molecule has 124 valence electrons. The predicted molar refractivity (Wildman–Crippen MR) is 79.5 cm³/mol. The van der Waals surface area contributed by atoms with Crippen molar-refractivity contribution in [2.24, 2.45) is 0 Å². The fraction of sp³-hybridized carbons (Fsp3) is 0.333. The zero-order chi connectivity index (χ0) is 16.8. The third-order valence-electron chi connectivity index (χ3n) is 3.20. The monoisotopic (exact) mass is 324 g/mol. The van der Waals surface area contributed by atoms with Crippen molar-refractivity contribution in [2.75, 3.05) is 6.54 Å². The summed E-state index contributed by atoms with van der Waals surface area (Å²) in [5.74, 6) is -1.58. The summed E-state index contributed by atoms with van der Waals surface area (Å²) < 4.78 is 28.1. The lowest BCUT2D eigenvalue weighted by atomic mass is 10.1. The molecule has 0 saturated heterocycles. The topological polar surface area (TPSA) is 79.2 Å². The van der Waals surface area contributed by atoms with Gasteiger partial charge in [0.1, 0.15) is 11.6 Å². The van der Waals surface area contributed by atoms with Gasteiger partial charge in [0.05, 0.1) is 12.4 Å². The maximum atomic E-state index is 13.5. The van der Waals surface area contributed by atoms with Crippen LogP contribution in [-0.2, 0) is 6.54 Å². The molecule has 0 saturated carbocycles. The molecule has 0 aliphatic carbocycles. The van der Waals surface area contributed by atoms with Gasteiger partial charge in [-0.1, -0.05) is 6.07 Å². The fourth-order valence-electron chi connectivity index (χ4n) is 2.10. The van der Waals surface area contributed by atoms with Crippen LogP contribution in [0.25, 0.3) is 0 Å². The van der Waals surface area contributed by atoms with E-state index in [9.17, 15) is 18.7 Å². The van der Waals surface area contributed by atoms with Crippen molar-refractivity contribution in [1.29, 1.82) is 0 Å². The van der Waals surface area contributed by atoms with Crippen molar-refractivity contribution in [2.45, 2.75) is 25.6 Å². The van der Waals surface area contributed by atoms with E-state index in [1.165, 1.54) is 0 Å². The number of imidazole rings is 1. The maximum absolute atomic E-state index is 13.5. The number of halogens is 2. The molecule has 3 N–H and O–H groups in total. The number of aliphatic hydroxyl groups is 1. The summed E-state index contributed by atoms with van der Waals surface area (Å²) in [4.78, 5) is 15.6. The van der Waals surface area contributed by atoms with E-state index in [0.29, 0.717) is 12.6 Å². The zero-order valence-corrected chi connectivity index (χ0v) is 12.5. The van der Waals surface area contributed by atoms with Crippen LogP contribution in [0.3, 0.4) is 0 Å². The Morgan fingerprint density at radius 1 is 1.43 bits per heavy atom. The van der Waals surface area contributed by atoms with Crippen molar-refractivity contribution in [3.63, 3.8) is 0 Å². The Hall–Kier alpha value is -2.48. The Morgan fingerprint density at radius 2 is 2.22 bits per heavy atom. The third kappa shape index (κ3) is 5.03. The van der Waals surface area contributed by atoms with E-state index in [2.05, 4.69) is 15.6 Å². The van der Waals surface area contributed by atoms with Gasteiger partial charge in [-0.25, -0.2) is 18.6 Å². The lowest BCUT2D eigenvalue weighted by Crippen LogP contribution is -2.43. The van der Waals surface area contributed by atoms with Crippen LogP contribution >= 0.6 is 0 Å². The van der Waals surface area contributed by atoms with Crippen LogP contribution in [0, 0.1) is 11.6 Å². The van der Waals surface area contributed by atoms with Gasteiger partial charge in [0.15, 0.2) is 0 Å². The van der Waals surface area contributed by atoms with Crippen molar-refractivity contribution in [1.82, 2.24) is 20.2 Å². The average molecular weight is 324 g/mol. The summed E-state index contributed by atoms with van der Waals surface area (Å²) in [6.45, 7) is 2.17. The van der Waals surface area contributed by atoms with Crippen molar-refractivity contribution >= 4 is 6.03 Å². The molecule has 0 radical (unpaired) electrons. The summed E-state index contributed by atoms with van der Waals surface area (Å²) in [5.41, 5.74) is -0.0711. The first kappa shape index (κ1) is 16.9. The van der Waals surface area contributed by atoms with Gasteiger partial charge in [-0.3, -0.25) is 0 Å². The van der Waals surface area contributed by atoms with E-state index >= 15 is 0 Å². The number of aromatic nitrogens is 2. The van der Waals surface area contributed by atoms with Crippen molar-refractivity contribution in [3.05, 3.63) is 54.1 Å². The number of hydrogen-bond donors (Lipinski definition) is 3. The second-order valence-electron chi connectivity index (χ2n) is 5.20. The highest BCUT2D eigenvalue weighted by molar-refractivity contribution is 5.74. The number of carbonyl (C=O) groups excluding carboxylic acids is 1. The van der Waals surface area contributed by atoms with Crippen LogP contribution in [0.5, 0.6) is 0 Å². The number of urea groups is 1. The van der Waals surface area contributed by atoms with Gasteiger partial charge < -0.3 is 20.3 Å². The predicted octanol–water partition coefficient (Wildman–Crippen LogP) is 1.58. The van der Waals surface area contributed by atoms with Crippen molar-refractivity contribution < 1.29 is 18.7 Å². The number of nitrogens with one attached hydrogen (secondary N) is 2. The number of hydrogen-bond acceptors (Lipinski definition) is 3. The van der Waals surface area contributed by atoms with Gasteiger partial charge in [-0.2, -0.15) is 0 Å². The molecule has 1 aromatic carbocycles.